The number of aliphatic hydroxyl groups is 1. The van der Waals surface area contributed by atoms with Gasteiger partial charge in [-0.05, 0) is 6.42 Å². The molecule has 0 amide bonds. The second-order valence-corrected chi connectivity index (χ2v) is 4.41. The van der Waals surface area contributed by atoms with Crippen LogP contribution >= 0.6 is 22.9 Å². The summed E-state index contributed by atoms with van der Waals surface area (Å²) in [5, 5.41) is 10.2. The van der Waals surface area contributed by atoms with Gasteiger partial charge < -0.3 is 10.0 Å². The Hall–Kier alpha value is -0.760. The quantitative estimate of drug-likeness (QED) is 0.807. The first-order valence-corrected chi connectivity index (χ1v) is 5.86. The van der Waals surface area contributed by atoms with Gasteiger partial charge in [0.25, 0.3) is 0 Å². The van der Waals surface area contributed by atoms with E-state index in [1.807, 2.05) is 4.90 Å². The van der Waals surface area contributed by atoms with Crippen LogP contribution in [0.2, 0.25) is 5.15 Å². The maximum atomic E-state index is 9.00. The van der Waals surface area contributed by atoms with Gasteiger partial charge in [0, 0.05) is 6.54 Å². The molecule has 3 nitrogen and oxygen atoms in total. The van der Waals surface area contributed by atoms with Crippen molar-refractivity contribution in [3.63, 3.8) is 0 Å². The van der Waals surface area contributed by atoms with Gasteiger partial charge in [-0.1, -0.05) is 35.8 Å². The highest BCUT2D eigenvalue weighted by Gasteiger charge is 2.13. The van der Waals surface area contributed by atoms with Crippen LogP contribution in [0.15, 0.2) is 0 Å². The first-order chi connectivity index (χ1) is 7.22. The van der Waals surface area contributed by atoms with Crippen LogP contribution < -0.4 is 4.90 Å². The Bertz CT molecular complexity index is 359. The Labute approximate surface area is 98.7 Å². The minimum absolute atomic E-state index is 0.0769. The molecule has 0 atom stereocenters. The first kappa shape index (κ1) is 12.3. The fraction of sp³-hybridized carbons (Fsp3) is 0.500. The third kappa shape index (κ3) is 3.10. The number of thiazole rings is 1. The minimum atomic E-state index is -0.0769. The molecule has 0 spiro atoms. The van der Waals surface area contributed by atoms with E-state index in [1.54, 1.807) is 0 Å². The van der Waals surface area contributed by atoms with Crippen molar-refractivity contribution in [3.8, 4) is 12.3 Å². The predicted octanol–water partition coefficient (Wildman–Crippen LogP) is 2.14. The van der Waals surface area contributed by atoms with E-state index < -0.39 is 0 Å². The molecule has 15 heavy (non-hydrogen) atoms. The van der Waals surface area contributed by atoms with Crippen LogP contribution in [0.3, 0.4) is 0 Å². The van der Waals surface area contributed by atoms with E-state index in [0.29, 0.717) is 16.6 Å². The number of rotatable bonds is 5. The molecule has 0 aliphatic rings. The minimum Gasteiger partial charge on any atom is -0.391 e. The molecule has 1 aromatic heterocycles. The zero-order valence-corrected chi connectivity index (χ0v) is 10.1. The maximum absolute atomic E-state index is 9.00. The highest BCUT2D eigenvalue weighted by atomic mass is 35.5. The molecule has 0 fully saturated rings. The molecule has 0 saturated heterocycles. The summed E-state index contributed by atoms with van der Waals surface area (Å²) >= 11 is 7.24. The van der Waals surface area contributed by atoms with Crippen molar-refractivity contribution in [2.75, 3.05) is 18.0 Å². The van der Waals surface area contributed by atoms with Gasteiger partial charge in [0.1, 0.15) is 5.15 Å². The Balaban J connectivity index is 2.86. The molecule has 0 aliphatic heterocycles. The third-order valence-corrected chi connectivity index (χ3v) is 3.35. The standard InChI is InChI=1S/C10H13ClN2OS/c1-3-5-13(6-4-2)10-12-9(11)8(7-14)15-10/h1,14H,4-7H2,2H3. The van der Waals surface area contributed by atoms with Crippen molar-refractivity contribution in [2.24, 2.45) is 0 Å². The van der Waals surface area contributed by atoms with Crippen LogP contribution in [0.5, 0.6) is 0 Å². The number of anilines is 1. The number of terminal acetylenes is 1. The van der Waals surface area contributed by atoms with Gasteiger partial charge in [0.15, 0.2) is 5.13 Å². The Morgan fingerprint density at radius 2 is 2.40 bits per heavy atom. The molecule has 0 radical (unpaired) electrons. The second-order valence-electron chi connectivity index (χ2n) is 2.99. The van der Waals surface area contributed by atoms with Crippen LogP contribution in [0, 0.1) is 12.3 Å². The Morgan fingerprint density at radius 1 is 1.67 bits per heavy atom. The molecule has 1 heterocycles. The summed E-state index contributed by atoms with van der Waals surface area (Å²) in [6.07, 6.45) is 6.27. The Morgan fingerprint density at radius 3 is 2.87 bits per heavy atom. The van der Waals surface area contributed by atoms with Crippen molar-refractivity contribution in [3.05, 3.63) is 10.0 Å². The molecule has 1 aromatic rings. The van der Waals surface area contributed by atoms with Gasteiger partial charge in [-0.15, -0.1) is 6.42 Å². The summed E-state index contributed by atoms with van der Waals surface area (Å²) in [6, 6.07) is 0. The van der Waals surface area contributed by atoms with Crippen molar-refractivity contribution in [1.82, 2.24) is 4.98 Å². The molecule has 0 bridgehead atoms. The number of aromatic nitrogens is 1. The molecular weight excluding hydrogens is 232 g/mol. The smallest absolute Gasteiger partial charge is 0.187 e. The summed E-state index contributed by atoms with van der Waals surface area (Å²) in [5.74, 6) is 2.58. The van der Waals surface area contributed by atoms with Crippen molar-refractivity contribution < 1.29 is 5.11 Å². The van der Waals surface area contributed by atoms with E-state index in [4.69, 9.17) is 23.1 Å². The highest BCUT2D eigenvalue weighted by Crippen LogP contribution is 2.29. The largest absolute Gasteiger partial charge is 0.391 e. The normalized spacial score (nSPS) is 10.0. The lowest BCUT2D eigenvalue weighted by Gasteiger charge is -2.17. The molecule has 1 rings (SSSR count). The number of hydrogen-bond acceptors (Lipinski definition) is 4. The number of hydrogen-bond donors (Lipinski definition) is 1. The van der Waals surface area contributed by atoms with Crippen molar-refractivity contribution in [1.29, 1.82) is 0 Å². The topological polar surface area (TPSA) is 36.4 Å². The molecule has 0 aromatic carbocycles. The fourth-order valence-corrected chi connectivity index (χ4v) is 2.32. The fourth-order valence-electron chi connectivity index (χ4n) is 1.18. The second kappa shape index (κ2) is 5.96. The summed E-state index contributed by atoms with van der Waals surface area (Å²) < 4.78 is 0. The van der Waals surface area contributed by atoms with E-state index in [1.165, 1.54) is 11.3 Å². The van der Waals surface area contributed by atoms with E-state index in [-0.39, 0.29) is 6.61 Å². The maximum Gasteiger partial charge on any atom is 0.187 e. The zero-order chi connectivity index (χ0) is 11.3. The summed E-state index contributed by atoms with van der Waals surface area (Å²) in [4.78, 5) is 6.84. The average Bonchev–Trinajstić information content (AvgIpc) is 2.59. The van der Waals surface area contributed by atoms with E-state index in [2.05, 4.69) is 17.8 Å². The number of halogens is 1. The van der Waals surface area contributed by atoms with E-state index in [9.17, 15) is 0 Å². The molecular formula is C10H13ClN2OS. The van der Waals surface area contributed by atoms with Gasteiger partial charge in [0.2, 0.25) is 0 Å². The SMILES string of the molecule is C#CCN(CCC)c1nc(Cl)c(CO)s1. The molecule has 0 aliphatic carbocycles. The van der Waals surface area contributed by atoms with Gasteiger partial charge in [-0.3, -0.25) is 0 Å². The highest BCUT2D eigenvalue weighted by molar-refractivity contribution is 7.16. The monoisotopic (exact) mass is 244 g/mol. The van der Waals surface area contributed by atoms with E-state index >= 15 is 0 Å². The molecule has 0 saturated carbocycles. The van der Waals surface area contributed by atoms with Crippen LogP contribution in [0.4, 0.5) is 5.13 Å². The van der Waals surface area contributed by atoms with Crippen LogP contribution in [-0.4, -0.2) is 23.2 Å². The molecule has 0 unspecified atom stereocenters. The molecule has 82 valence electrons. The van der Waals surface area contributed by atoms with Gasteiger partial charge >= 0.3 is 0 Å². The van der Waals surface area contributed by atoms with Crippen LogP contribution in [0.25, 0.3) is 0 Å². The summed E-state index contributed by atoms with van der Waals surface area (Å²) in [7, 11) is 0. The van der Waals surface area contributed by atoms with Gasteiger partial charge in [-0.25, -0.2) is 4.98 Å². The summed E-state index contributed by atoms with van der Waals surface area (Å²) in [5.41, 5.74) is 0. The van der Waals surface area contributed by atoms with Crippen LogP contribution in [-0.2, 0) is 6.61 Å². The first-order valence-electron chi connectivity index (χ1n) is 4.67. The lowest BCUT2D eigenvalue weighted by molar-refractivity contribution is 0.285. The number of nitrogens with zero attached hydrogens (tertiary/aromatic N) is 2. The van der Waals surface area contributed by atoms with Crippen molar-refractivity contribution in [2.45, 2.75) is 20.0 Å². The van der Waals surface area contributed by atoms with Crippen molar-refractivity contribution >= 4 is 28.1 Å². The summed E-state index contributed by atoms with van der Waals surface area (Å²) in [6.45, 7) is 3.36. The van der Waals surface area contributed by atoms with Crippen LogP contribution in [0.1, 0.15) is 18.2 Å². The number of aliphatic hydroxyl groups excluding tert-OH is 1. The third-order valence-electron chi connectivity index (χ3n) is 1.83. The lowest BCUT2D eigenvalue weighted by Crippen LogP contribution is -2.23. The molecule has 1 N–H and O–H groups in total. The molecule has 5 heteroatoms. The van der Waals surface area contributed by atoms with Gasteiger partial charge in [0.05, 0.1) is 18.0 Å². The predicted molar refractivity (Wildman–Crippen MR) is 64.4 cm³/mol. The Kier molecular flexibility index (Phi) is 4.89. The van der Waals surface area contributed by atoms with E-state index in [0.717, 1.165) is 18.1 Å². The zero-order valence-electron chi connectivity index (χ0n) is 8.53. The van der Waals surface area contributed by atoms with Gasteiger partial charge in [-0.2, -0.15) is 0 Å². The average molecular weight is 245 g/mol. The lowest BCUT2D eigenvalue weighted by atomic mass is 10.4.